The third-order valence-electron chi connectivity index (χ3n) is 2.56. The molecular formula is C15H14O2. The van der Waals surface area contributed by atoms with Crippen LogP contribution in [-0.4, -0.2) is 10.2 Å². The molecule has 0 aliphatic carbocycles. The van der Waals surface area contributed by atoms with Gasteiger partial charge in [-0.05, 0) is 24.1 Å². The largest absolute Gasteiger partial charge is 0.508 e. The Hall–Kier alpha value is -2.22. The van der Waals surface area contributed by atoms with Crippen LogP contribution in [0.1, 0.15) is 11.1 Å². The monoisotopic (exact) mass is 226 g/mol. The van der Waals surface area contributed by atoms with E-state index in [9.17, 15) is 10.2 Å². The minimum absolute atomic E-state index is 0.265. The summed E-state index contributed by atoms with van der Waals surface area (Å²) in [5, 5.41) is 19.1. The minimum atomic E-state index is 0.265. The van der Waals surface area contributed by atoms with Gasteiger partial charge in [0, 0.05) is 5.56 Å². The smallest absolute Gasteiger partial charge is 0.122 e. The van der Waals surface area contributed by atoms with E-state index in [0.29, 0.717) is 12.2 Å². The van der Waals surface area contributed by atoms with E-state index in [-0.39, 0.29) is 5.75 Å². The quantitative estimate of drug-likeness (QED) is 0.842. The lowest BCUT2D eigenvalue weighted by atomic mass is 10.1. The first-order valence-electron chi connectivity index (χ1n) is 5.49. The number of phenols is 2. The van der Waals surface area contributed by atoms with Gasteiger partial charge in [0.25, 0.3) is 0 Å². The van der Waals surface area contributed by atoms with Crippen molar-refractivity contribution in [3.8, 4) is 11.5 Å². The third kappa shape index (κ3) is 2.88. The molecular weight excluding hydrogens is 212 g/mol. The van der Waals surface area contributed by atoms with Crippen LogP contribution in [0.2, 0.25) is 0 Å². The summed E-state index contributed by atoms with van der Waals surface area (Å²) < 4.78 is 0. The van der Waals surface area contributed by atoms with Gasteiger partial charge in [-0.15, -0.1) is 0 Å². The van der Waals surface area contributed by atoms with Crippen LogP contribution in [0.15, 0.2) is 54.6 Å². The second kappa shape index (κ2) is 5.21. The van der Waals surface area contributed by atoms with Crippen molar-refractivity contribution in [3.05, 3.63) is 65.7 Å². The maximum Gasteiger partial charge on any atom is 0.122 e. The second-order valence-corrected chi connectivity index (χ2v) is 3.79. The Labute approximate surface area is 100 Å². The van der Waals surface area contributed by atoms with E-state index < -0.39 is 0 Å². The van der Waals surface area contributed by atoms with Crippen LogP contribution in [0.3, 0.4) is 0 Å². The normalized spacial score (nSPS) is 10.8. The molecule has 0 heterocycles. The van der Waals surface area contributed by atoms with Crippen LogP contribution in [-0.2, 0) is 6.42 Å². The number of aromatic hydroxyl groups is 2. The van der Waals surface area contributed by atoms with Gasteiger partial charge in [0.15, 0.2) is 0 Å². The molecule has 0 saturated heterocycles. The predicted molar refractivity (Wildman–Crippen MR) is 69.0 cm³/mol. The van der Waals surface area contributed by atoms with E-state index in [4.69, 9.17) is 0 Å². The Morgan fingerprint density at radius 1 is 0.824 bits per heavy atom. The van der Waals surface area contributed by atoms with Crippen LogP contribution in [0, 0.1) is 0 Å². The first-order valence-corrected chi connectivity index (χ1v) is 5.49. The first kappa shape index (κ1) is 11.3. The summed E-state index contributed by atoms with van der Waals surface area (Å²) in [6, 6.07) is 14.4. The van der Waals surface area contributed by atoms with Crippen LogP contribution >= 0.6 is 0 Å². The lowest BCUT2D eigenvalue weighted by Crippen LogP contribution is -1.81. The lowest BCUT2D eigenvalue weighted by molar-refractivity contribution is 0.470. The molecule has 0 atom stereocenters. The van der Waals surface area contributed by atoms with E-state index in [1.165, 1.54) is 0 Å². The van der Waals surface area contributed by atoms with Gasteiger partial charge < -0.3 is 10.2 Å². The molecule has 0 radical (unpaired) electrons. The Balaban J connectivity index is 2.09. The topological polar surface area (TPSA) is 40.5 Å². The maximum absolute atomic E-state index is 9.58. The molecule has 86 valence electrons. The molecule has 2 N–H and O–H groups in total. The summed E-state index contributed by atoms with van der Waals surface area (Å²) in [6.07, 6.45) is 4.41. The molecule has 2 nitrogen and oxygen atoms in total. The Morgan fingerprint density at radius 2 is 1.47 bits per heavy atom. The molecule has 0 spiro atoms. The molecule has 0 aliphatic rings. The van der Waals surface area contributed by atoms with Crippen molar-refractivity contribution in [2.24, 2.45) is 0 Å². The Bertz CT molecular complexity index is 530. The molecule has 17 heavy (non-hydrogen) atoms. The zero-order chi connectivity index (χ0) is 12.1. The molecule has 0 saturated carbocycles. The van der Waals surface area contributed by atoms with Gasteiger partial charge in [-0.3, -0.25) is 0 Å². The standard InChI is InChI=1S/C15H14O2/c16-14-10-3-1-6-12(14)8-5-9-13-7-2-4-11-15(13)17/h1-8,10-11,16-17H,9H2/b8-5+. The SMILES string of the molecule is Oc1ccccc1/C=C/Cc1ccccc1O. The van der Waals surface area contributed by atoms with Gasteiger partial charge >= 0.3 is 0 Å². The summed E-state index contributed by atoms with van der Waals surface area (Å²) in [7, 11) is 0. The lowest BCUT2D eigenvalue weighted by Gasteiger charge is -2.00. The average molecular weight is 226 g/mol. The summed E-state index contributed by atoms with van der Waals surface area (Å²) in [6.45, 7) is 0. The van der Waals surface area contributed by atoms with E-state index >= 15 is 0 Å². The van der Waals surface area contributed by atoms with Crippen molar-refractivity contribution in [2.45, 2.75) is 6.42 Å². The molecule has 2 aromatic rings. The fourth-order valence-corrected chi connectivity index (χ4v) is 1.62. The molecule has 0 aliphatic heterocycles. The van der Waals surface area contributed by atoms with Gasteiger partial charge in [0.05, 0.1) is 0 Å². The highest BCUT2D eigenvalue weighted by Gasteiger charge is 1.97. The number of rotatable bonds is 3. The first-order chi connectivity index (χ1) is 8.27. The molecule has 0 amide bonds. The molecule has 2 heteroatoms. The molecule has 0 fully saturated rings. The summed E-state index contributed by atoms with van der Waals surface area (Å²) in [4.78, 5) is 0. The Kier molecular flexibility index (Phi) is 3.46. The van der Waals surface area contributed by atoms with Crippen molar-refractivity contribution in [2.75, 3.05) is 0 Å². The fraction of sp³-hybridized carbons (Fsp3) is 0.0667. The van der Waals surface area contributed by atoms with Gasteiger partial charge in [-0.1, -0.05) is 48.6 Å². The van der Waals surface area contributed by atoms with E-state index in [1.807, 2.05) is 36.4 Å². The van der Waals surface area contributed by atoms with Crippen LogP contribution in [0.4, 0.5) is 0 Å². The van der Waals surface area contributed by atoms with Crippen LogP contribution in [0.5, 0.6) is 11.5 Å². The van der Waals surface area contributed by atoms with E-state index in [0.717, 1.165) is 11.1 Å². The Morgan fingerprint density at radius 3 is 2.18 bits per heavy atom. The highest BCUT2D eigenvalue weighted by molar-refractivity contribution is 5.57. The number of hydrogen-bond acceptors (Lipinski definition) is 2. The fourth-order valence-electron chi connectivity index (χ4n) is 1.62. The van der Waals surface area contributed by atoms with E-state index in [2.05, 4.69) is 0 Å². The summed E-state index contributed by atoms with van der Waals surface area (Å²) >= 11 is 0. The van der Waals surface area contributed by atoms with Gasteiger partial charge in [-0.25, -0.2) is 0 Å². The van der Waals surface area contributed by atoms with Crippen molar-refractivity contribution >= 4 is 6.08 Å². The molecule has 0 aromatic heterocycles. The molecule has 0 bridgehead atoms. The number of benzene rings is 2. The number of para-hydroxylation sites is 2. The van der Waals surface area contributed by atoms with E-state index in [1.54, 1.807) is 24.3 Å². The molecule has 0 unspecified atom stereocenters. The molecule has 2 aromatic carbocycles. The zero-order valence-corrected chi connectivity index (χ0v) is 9.38. The number of phenolic OH excluding ortho intramolecular Hbond substituents is 2. The second-order valence-electron chi connectivity index (χ2n) is 3.79. The number of allylic oxidation sites excluding steroid dienone is 1. The van der Waals surface area contributed by atoms with Crippen molar-refractivity contribution in [1.82, 2.24) is 0 Å². The van der Waals surface area contributed by atoms with Gasteiger partial charge in [0.1, 0.15) is 11.5 Å². The van der Waals surface area contributed by atoms with Gasteiger partial charge in [0.2, 0.25) is 0 Å². The highest BCUT2D eigenvalue weighted by atomic mass is 16.3. The third-order valence-corrected chi connectivity index (χ3v) is 2.56. The number of hydrogen-bond donors (Lipinski definition) is 2. The zero-order valence-electron chi connectivity index (χ0n) is 9.38. The molecule has 2 rings (SSSR count). The van der Waals surface area contributed by atoms with Crippen molar-refractivity contribution in [3.63, 3.8) is 0 Å². The summed E-state index contributed by atoms with van der Waals surface area (Å²) in [5.41, 5.74) is 1.65. The van der Waals surface area contributed by atoms with Crippen LogP contribution < -0.4 is 0 Å². The highest BCUT2D eigenvalue weighted by Crippen LogP contribution is 2.19. The van der Waals surface area contributed by atoms with Crippen molar-refractivity contribution in [1.29, 1.82) is 0 Å². The minimum Gasteiger partial charge on any atom is -0.508 e. The van der Waals surface area contributed by atoms with Crippen molar-refractivity contribution < 1.29 is 10.2 Å². The van der Waals surface area contributed by atoms with Gasteiger partial charge in [-0.2, -0.15) is 0 Å². The summed E-state index contributed by atoms with van der Waals surface area (Å²) in [5.74, 6) is 0.565. The van der Waals surface area contributed by atoms with Crippen LogP contribution in [0.25, 0.3) is 6.08 Å². The average Bonchev–Trinajstić information content (AvgIpc) is 2.34. The predicted octanol–water partition coefficient (Wildman–Crippen LogP) is 3.35. The maximum atomic E-state index is 9.58.